The highest BCUT2D eigenvalue weighted by molar-refractivity contribution is 7.99. The maximum Gasteiger partial charge on any atom is 0.416 e. The topological polar surface area (TPSA) is 20.3 Å². The second kappa shape index (κ2) is 6.42. The van der Waals surface area contributed by atoms with Crippen molar-refractivity contribution < 1.29 is 22.4 Å². The van der Waals surface area contributed by atoms with E-state index in [-0.39, 0.29) is 11.3 Å². The number of hydrogen-bond acceptors (Lipinski definition) is 2. The van der Waals surface area contributed by atoms with Gasteiger partial charge in [-0.2, -0.15) is 13.2 Å². The smallest absolute Gasteiger partial charge is 0.275 e. The lowest BCUT2D eigenvalue weighted by Crippen LogP contribution is -2.29. The minimum absolute atomic E-state index is 0.0850. The Morgan fingerprint density at radius 2 is 1.52 bits per heavy atom. The molecule has 0 radical (unpaired) electrons. The van der Waals surface area contributed by atoms with Crippen molar-refractivity contribution in [3.63, 3.8) is 0 Å². The lowest BCUT2D eigenvalue weighted by Gasteiger charge is -2.31. The molecule has 7 heteroatoms. The van der Waals surface area contributed by atoms with E-state index >= 15 is 0 Å². The fraction of sp³-hybridized carbons (Fsp3) is 0.0500. The second-order valence-electron chi connectivity index (χ2n) is 5.87. The highest BCUT2D eigenvalue weighted by atomic mass is 32.2. The summed E-state index contributed by atoms with van der Waals surface area (Å²) >= 11 is 1.27. The molecule has 1 aliphatic heterocycles. The van der Waals surface area contributed by atoms with Crippen molar-refractivity contribution in [2.24, 2.45) is 0 Å². The Balaban J connectivity index is 1.93. The lowest BCUT2D eigenvalue weighted by molar-refractivity contribution is -0.137. The molecule has 3 aromatic carbocycles. The highest BCUT2D eigenvalue weighted by Crippen LogP contribution is 2.50. The number of nitrogens with zero attached hydrogens (tertiary/aromatic N) is 1. The van der Waals surface area contributed by atoms with Gasteiger partial charge in [0.05, 0.1) is 22.5 Å². The zero-order valence-corrected chi connectivity index (χ0v) is 14.4. The van der Waals surface area contributed by atoms with E-state index < -0.39 is 23.5 Å². The molecule has 0 aliphatic carbocycles. The average molecular weight is 389 g/mol. The molecule has 0 N–H and O–H groups in total. The van der Waals surface area contributed by atoms with Gasteiger partial charge >= 0.3 is 6.18 Å². The van der Waals surface area contributed by atoms with Gasteiger partial charge in [-0.15, -0.1) is 0 Å². The Hall–Kier alpha value is -2.80. The van der Waals surface area contributed by atoms with Crippen LogP contribution >= 0.6 is 11.8 Å². The van der Waals surface area contributed by atoms with E-state index in [1.165, 1.54) is 36.0 Å². The number of anilines is 2. The van der Waals surface area contributed by atoms with Crippen LogP contribution in [0.5, 0.6) is 0 Å². The summed E-state index contributed by atoms with van der Waals surface area (Å²) in [5, 5.41) is 0. The van der Waals surface area contributed by atoms with Crippen molar-refractivity contribution in [2.75, 3.05) is 4.90 Å². The van der Waals surface area contributed by atoms with Gasteiger partial charge in [0.15, 0.2) is 0 Å². The summed E-state index contributed by atoms with van der Waals surface area (Å²) in [5.41, 5.74) is -0.570. The van der Waals surface area contributed by atoms with E-state index in [9.17, 15) is 22.4 Å². The molecule has 0 atom stereocenters. The quantitative estimate of drug-likeness (QED) is 0.456. The molecule has 1 amide bonds. The fourth-order valence-electron chi connectivity index (χ4n) is 2.91. The number of alkyl halides is 3. The molecule has 0 saturated heterocycles. The zero-order chi connectivity index (χ0) is 19.2. The van der Waals surface area contributed by atoms with Crippen LogP contribution in [0.1, 0.15) is 15.9 Å². The van der Waals surface area contributed by atoms with Gasteiger partial charge in [-0.3, -0.25) is 9.69 Å². The van der Waals surface area contributed by atoms with E-state index in [4.69, 9.17) is 0 Å². The van der Waals surface area contributed by atoms with Crippen LogP contribution < -0.4 is 4.90 Å². The number of hydrogen-bond donors (Lipinski definition) is 0. The van der Waals surface area contributed by atoms with Crippen molar-refractivity contribution >= 4 is 29.0 Å². The van der Waals surface area contributed by atoms with Gasteiger partial charge in [0.1, 0.15) is 5.82 Å². The third-order valence-electron chi connectivity index (χ3n) is 4.16. The monoisotopic (exact) mass is 389 g/mol. The molecular weight excluding hydrogens is 378 g/mol. The van der Waals surface area contributed by atoms with E-state index in [2.05, 4.69) is 0 Å². The van der Waals surface area contributed by atoms with Crippen LogP contribution in [0.2, 0.25) is 0 Å². The molecular formula is C20H11F4NOS. The zero-order valence-electron chi connectivity index (χ0n) is 13.6. The molecule has 4 rings (SSSR count). The van der Waals surface area contributed by atoms with Crippen LogP contribution in [-0.2, 0) is 6.18 Å². The number of halogens is 4. The summed E-state index contributed by atoms with van der Waals surface area (Å²) < 4.78 is 53.8. The van der Waals surface area contributed by atoms with Gasteiger partial charge in [0.2, 0.25) is 0 Å². The van der Waals surface area contributed by atoms with Gasteiger partial charge in [0, 0.05) is 9.79 Å². The Morgan fingerprint density at radius 1 is 0.852 bits per heavy atom. The summed E-state index contributed by atoms with van der Waals surface area (Å²) in [6, 6.07) is 15.5. The minimum Gasteiger partial charge on any atom is -0.275 e. The molecule has 0 aromatic heterocycles. The van der Waals surface area contributed by atoms with Crippen LogP contribution in [0.15, 0.2) is 76.5 Å². The summed E-state index contributed by atoms with van der Waals surface area (Å²) in [5.74, 6) is -1.45. The second-order valence-corrected chi connectivity index (χ2v) is 6.95. The number of para-hydroxylation sites is 1. The van der Waals surface area contributed by atoms with Crippen LogP contribution in [-0.4, -0.2) is 5.91 Å². The molecule has 1 aliphatic rings. The maximum atomic E-state index is 14.2. The Morgan fingerprint density at radius 3 is 2.26 bits per heavy atom. The molecule has 136 valence electrons. The lowest BCUT2D eigenvalue weighted by atomic mass is 10.1. The van der Waals surface area contributed by atoms with Gasteiger partial charge in [-0.05, 0) is 42.5 Å². The first kappa shape index (κ1) is 17.6. The molecule has 3 aromatic rings. The van der Waals surface area contributed by atoms with E-state index in [0.29, 0.717) is 15.5 Å². The molecule has 0 unspecified atom stereocenters. The van der Waals surface area contributed by atoms with Crippen molar-refractivity contribution in [3.05, 3.63) is 83.7 Å². The first-order valence-electron chi connectivity index (χ1n) is 7.93. The average Bonchev–Trinajstić information content (AvgIpc) is 2.64. The van der Waals surface area contributed by atoms with Crippen LogP contribution in [0.3, 0.4) is 0 Å². The van der Waals surface area contributed by atoms with Gasteiger partial charge in [-0.1, -0.05) is 36.0 Å². The normalized spacial score (nSPS) is 13.1. The molecule has 27 heavy (non-hydrogen) atoms. The summed E-state index contributed by atoms with van der Waals surface area (Å²) in [6.45, 7) is 0. The molecule has 0 fully saturated rings. The Labute approximate surface area is 156 Å². The number of carbonyl (C=O) groups is 1. The number of benzene rings is 3. The number of amides is 1. The van der Waals surface area contributed by atoms with Gasteiger partial charge in [-0.25, -0.2) is 4.39 Å². The first-order chi connectivity index (χ1) is 12.9. The van der Waals surface area contributed by atoms with Crippen LogP contribution in [0.4, 0.5) is 28.9 Å². The predicted molar refractivity (Wildman–Crippen MR) is 94.9 cm³/mol. The Kier molecular flexibility index (Phi) is 4.19. The summed E-state index contributed by atoms with van der Waals surface area (Å²) in [4.78, 5) is 15.4. The SMILES string of the molecule is O=C(c1ccccc1F)N1c2ccccc2Sc2ccc(C(F)(F)F)cc21. The number of fused-ring (bicyclic) bond motifs is 2. The Bertz CT molecular complexity index is 1050. The van der Waals surface area contributed by atoms with Crippen molar-refractivity contribution in [3.8, 4) is 0 Å². The van der Waals surface area contributed by atoms with E-state index in [0.717, 1.165) is 23.1 Å². The van der Waals surface area contributed by atoms with Crippen LogP contribution in [0.25, 0.3) is 0 Å². The van der Waals surface area contributed by atoms with Gasteiger partial charge in [0.25, 0.3) is 5.91 Å². The predicted octanol–water partition coefficient (Wildman–Crippen LogP) is 6.29. The molecule has 0 spiro atoms. The maximum absolute atomic E-state index is 14.2. The molecule has 0 saturated carbocycles. The highest BCUT2D eigenvalue weighted by Gasteiger charge is 2.35. The third-order valence-corrected chi connectivity index (χ3v) is 5.29. The van der Waals surface area contributed by atoms with E-state index in [1.54, 1.807) is 24.3 Å². The third kappa shape index (κ3) is 3.08. The largest absolute Gasteiger partial charge is 0.416 e. The first-order valence-corrected chi connectivity index (χ1v) is 8.75. The standard InChI is InChI=1S/C20H11F4NOS/c21-14-6-2-1-5-13(14)19(26)25-15-7-3-4-8-17(15)27-18-10-9-12(11-16(18)25)20(22,23)24/h1-11H. The molecule has 1 heterocycles. The van der Waals surface area contributed by atoms with Crippen molar-refractivity contribution in [1.29, 1.82) is 0 Å². The molecule has 0 bridgehead atoms. The summed E-state index contributed by atoms with van der Waals surface area (Å²) in [6.07, 6.45) is -4.55. The van der Waals surface area contributed by atoms with Gasteiger partial charge < -0.3 is 0 Å². The summed E-state index contributed by atoms with van der Waals surface area (Å²) in [7, 11) is 0. The van der Waals surface area contributed by atoms with Crippen LogP contribution in [0, 0.1) is 5.82 Å². The number of carbonyl (C=O) groups excluding carboxylic acids is 1. The fourth-order valence-corrected chi connectivity index (χ4v) is 3.94. The number of rotatable bonds is 1. The van der Waals surface area contributed by atoms with Crippen molar-refractivity contribution in [2.45, 2.75) is 16.0 Å². The minimum atomic E-state index is -4.55. The van der Waals surface area contributed by atoms with Crippen molar-refractivity contribution in [1.82, 2.24) is 0 Å². The molecule has 2 nitrogen and oxygen atoms in total. The van der Waals surface area contributed by atoms with E-state index in [1.807, 2.05) is 0 Å².